The molecule has 0 aromatic carbocycles. The first-order valence-electron chi connectivity index (χ1n) is 11.2. The summed E-state index contributed by atoms with van der Waals surface area (Å²) in [6.45, 7) is 3.58. The molecule has 0 fully saturated rings. The van der Waals surface area contributed by atoms with E-state index in [1.54, 1.807) is 13.8 Å². The number of nitrogens with two attached hydrogens (primary N) is 1. The number of carbonyl (C=O) groups is 3. The van der Waals surface area contributed by atoms with E-state index >= 15 is 0 Å². The molecular weight excluding hydrogens is 492 g/mol. The predicted molar refractivity (Wildman–Crippen MR) is 134 cm³/mol. The minimum absolute atomic E-state index is 0.0946. The SMILES string of the molecule is COCCOC(=O)c1sc2ncn(C(C)C(=O)Nc3sc4c(c3C(N)=O)CCCC4)c(=O)c2c1C. The van der Waals surface area contributed by atoms with Crippen molar-refractivity contribution in [2.45, 2.75) is 45.6 Å². The first-order chi connectivity index (χ1) is 16.7. The van der Waals surface area contributed by atoms with E-state index in [0.717, 1.165) is 47.5 Å². The minimum atomic E-state index is -0.921. The zero-order valence-corrected chi connectivity index (χ0v) is 21.3. The van der Waals surface area contributed by atoms with Crippen LogP contribution in [0.25, 0.3) is 10.2 Å². The quantitative estimate of drug-likeness (QED) is 0.345. The van der Waals surface area contributed by atoms with Crippen LogP contribution < -0.4 is 16.6 Å². The van der Waals surface area contributed by atoms with E-state index in [2.05, 4.69) is 10.3 Å². The molecule has 186 valence electrons. The van der Waals surface area contributed by atoms with Crippen LogP contribution in [-0.2, 0) is 27.1 Å². The third-order valence-electron chi connectivity index (χ3n) is 6.03. The van der Waals surface area contributed by atoms with Crippen molar-refractivity contribution in [2.24, 2.45) is 5.73 Å². The number of rotatable bonds is 8. The van der Waals surface area contributed by atoms with Gasteiger partial charge in [0.15, 0.2) is 0 Å². The second-order valence-electron chi connectivity index (χ2n) is 8.27. The first-order valence-corrected chi connectivity index (χ1v) is 12.8. The van der Waals surface area contributed by atoms with Crippen LogP contribution in [0.3, 0.4) is 0 Å². The van der Waals surface area contributed by atoms with Crippen LogP contribution in [0.15, 0.2) is 11.1 Å². The normalized spacial score (nSPS) is 13.9. The van der Waals surface area contributed by atoms with Gasteiger partial charge >= 0.3 is 5.97 Å². The Balaban J connectivity index is 1.62. The molecule has 0 aliphatic heterocycles. The van der Waals surface area contributed by atoms with Crippen molar-refractivity contribution >= 4 is 55.7 Å². The van der Waals surface area contributed by atoms with Gasteiger partial charge in [0.1, 0.15) is 27.4 Å². The molecule has 0 saturated heterocycles. The van der Waals surface area contributed by atoms with Gasteiger partial charge in [0.25, 0.3) is 11.5 Å². The highest BCUT2D eigenvalue weighted by Gasteiger charge is 2.28. The van der Waals surface area contributed by atoms with Crippen molar-refractivity contribution in [3.05, 3.63) is 43.1 Å². The largest absolute Gasteiger partial charge is 0.459 e. The smallest absolute Gasteiger partial charge is 0.348 e. The molecule has 2 amide bonds. The molecule has 4 rings (SSSR count). The number of carbonyl (C=O) groups excluding carboxylic acids is 3. The van der Waals surface area contributed by atoms with Crippen molar-refractivity contribution in [1.82, 2.24) is 9.55 Å². The molecule has 0 radical (unpaired) electrons. The van der Waals surface area contributed by atoms with Gasteiger partial charge < -0.3 is 20.5 Å². The van der Waals surface area contributed by atoms with E-state index in [9.17, 15) is 19.2 Å². The zero-order valence-electron chi connectivity index (χ0n) is 19.6. The highest BCUT2D eigenvalue weighted by atomic mass is 32.1. The summed E-state index contributed by atoms with van der Waals surface area (Å²) in [4.78, 5) is 57.0. The molecule has 1 unspecified atom stereocenters. The first kappa shape index (κ1) is 25.0. The highest BCUT2D eigenvalue weighted by Crippen LogP contribution is 2.38. The lowest BCUT2D eigenvalue weighted by Gasteiger charge is -2.15. The molecule has 1 aliphatic rings. The van der Waals surface area contributed by atoms with Gasteiger partial charge in [-0.05, 0) is 50.7 Å². The molecule has 3 N–H and O–H groups in total. The number of ether oxygens (including phenoxy) is 2. The summed E-state index contributed by atoms with van der Waals surface area (Å²) in [5.41, 5.74) is 6.90. The van der Waals surface area contributed by atoms with Gasteiger partial charge in [-0.1, -0.05) is 0 Å². The maximum Gasteiger partial charge on any atom is 0.348 e. The van der Waals surface area contributed by atoms with E-state index in [4.69, 9.17) is 15.2 Å². The Hall–Kier alpha value is -3.09. The third-order valence-corrected chi connectivity index (χ3v) is 8.42. The lowest BCUT2D eigenvalue weighted by Crippen LogP contribution is -2.32. The molecule has 1 atom stereocenters. The number of esters is 1. The number of hydrogen-bond donors (Lipinski definition) is 2. The van der Waals surface area contributed by atoms with Gasteiger partial charge in [-0.3, -0.25) is 19.0 Å². The average molecular weight is 519 g/mol. The van der Waals surface area contributed by atoms with Crippen LogP contribution in [0.1, 0.15) is 61.8 Å². The summed E-state index contributed by atoms with van der Waals surface area (Å²) in [7, 11) is 1.50. The molecule has 1 aliphatic carbocycles. The lowest BCUT2D eigenvalue weighted by atomic mass is 9.95. The van der Waals surface area contributed by atoms with Gasteiger partial charge in [0, 0.05) is 12.0 Å². The third kappa shape index (κ3) is 4.73. The molecule has 10 nitrogen and oxygen atoms in total. The van der Waals surface area contributed by atoms with E-state index in [1.807, 2.05) is 0 Å². The number of primary amides is 1. The number of amides is 2. The predicted octanol–water partition coefficient (Wildman–Crippen LogP) is 2.81. The van der Waals surface area contributed by atoms with Crippen molar-refractivity contribution < 1.29 is 23.9 Å². The van der Waals surface area contributed by atoms with E-state index in [-0.39, 0.29) is 23.5 Å². The maximum atomic E-state index is 13.3. The number of methoxy groups -OCH3 is 1. The number of hydrogen-bond acceptors (Lipinski definition) is 9. The minimum Gasteiger partial charge on any atom is -0.459 e. The van der Waals surface area contributed by atoms with E-state index < -0.39 is 29.4 Å². The molecule has 35 heavy (non-hydrogen) atoms. The molecule has 0 spiro atoms. The molecule has 3 aromatic rings. The van der Waals surface area contributed by atoms with Crippen molar-refractivity contribution in [1.29, 1.82) is 0 Å². The molecule has 0 saturated carbocycles. The van der Waals surface area contributed by atoms with Crippen LogP contribution in [-0.4, -0.2) is 47.7 Å². The summed E-state index contributed by atoms with van der Waals surface area (Å²) >= 11 is 2.43. The van der Waals surface area contributed by atoms with Crippen molar-refractivity contribution in [3.8, 4) is 0 Å². The van der Waals surface area contributed by atoms with Gasteiger partial charge in [-0.15, -0.1) is 22.7 Å². The Morgan fingerprint density at radius 1 is 1.23 bits per heavy atom. The topological polar surface area (TPSA) is 143 Å². The van der Waals surface area contributed by atoms with Crippen LogP contribution >= 0.6 is 22.7 Å². The van der Waals surface area contributed by atoms with Gasteiger partial charge in [0.05, 0.1) is 23.9 Å². The van der Waals surface area contributed by atoms with Gasteiger partial charge in [-0.25, -0.2) is 9.78 Å². The molecule has 12 heteroatoms. The van der Waals surface area contributed by atoms with E-state index in [1.165, 1.54) is 29.3 Å². The Labute approximate surface area is 209 Å². The van der Waals surface area contributed by atoms with Crippen molar-refractivity contribution in [3.63, 3.8) is 0 Å². The molecule has 3 heterocycles. The number of fused-ring (bicyclic) bond motifs is 2. The Morgan fingerprint density at radius 2 is 1.97 bits per heavy atom. The fraction of sp³-hybridized carbons (Fsp3) is 0.435. The lowest BCUT2D eigenvalue weighted by molar-refractivity contribution is -0.118. The van der Waals surface area contributed by atoms with E-state index in [0.29, 0.717) is 21.0 Å². The zero-order chi connectivity index (χ0) is 25.3. The molecule has 0 bridgehead atoms. The second-order valence-corrected chi connectivity index (χ2v) is 10.4. The van der Waals surface area contributed by atoms with Gasteiger partial charge in [-0.2, -0.15) is 0 Å². The van der Waals surface area contributed by atoms with Crippen molar-refractivity contribution in [2.75, 3.05) is 25.6 Å². The van der Waals surface area contributed by atoms with Crippen LogP contribution in [0.5, 0.6) is 0 Å². The number of aryl methyl sites for hydroxylation is 2. The monoisotopic (exact) mass is 518 g/mol. The van der Waals surface area contributed by atoms with Gasteiger partial charge in [0.2, 0.25) is 5.91 Å². The maximum absolute atomic E-state index is 13.3. The summed E-state index contributed by atoms with van der Waals surface area (Å²) in [6, 6.07) is -0.921. The fourth-order valence-corrected chi connectivity index (χ4v) is 6.48. The number of nitrogens with one attached hydrogen (secondary N) is 1. The Morgan fingerprint density at radius 3 is 2.69 bits per heavy atom. The second kappa shape index (κ2) is 10.3. The molecule has 3 aromatic heterocycles. The summed E-state index contributed by atoms with van der Waals surface area (Å²) in [5.74, 6) is -1.60. The summed E-state index contributed by atoms with van der Waals surface area (Å²) < 4.78 is 11.3. The Bertz CT molecular complexity index is 1370. The van der Waals surface area contributed by atoms with Crippen LogP contribution in [0.2, 0.25) is 0 Å². The number of anilines is 1. The standard InChI is InChI=1S/C23H26N4O6S2/c1-11-15-20(35-17(11)23(31)33-9-8-32-3)25-10-27(22(15)30)12(2)19(29)26-21-16(18(24)28)13-6-4-5-7-14(13)34-21/h10,12H,4-9H2,1-3H3,(H2,24,28)(H,26,29). The number of thiophene rings is 2. The summed E-state index contributed by atoms with van der Waals surface area (Å²) in [5, 5.41) is 3.47. The summed E-state index contributed by atoms with van der Waals surface area (Å²) in [6.07, 6.45) is 4.89. The van der Waals surface area contributed by atoms with Crippen LogP contribution in [0.4, 0.5) is 5.00 Å². The average Bonchev–Trinajstić information content (AvgIpc) is 3.36. The van der Waals surface area contributed by atoms with Crippen LogP contribution in [0, 0.1) is 6.92 Å². The fourth-order valence-electron chi connectivity index (χ4n) is 4.15. The number of aromatic nitrogens is 2. The molecular formula is C23H26N4O6S2. The highest BCUT2D eigenvalue weighted by molar-refractivity contribution is 7.20. The number of nitrogens with zero attached hydrogens (tertiary/aromatic N) is 2. The Kier molecular flexibility index (Phi) is 7.33.